The van der Waals surface area contributed by atoms with E-state index in [1.165, 1.54) is 0 Å². The summed E-state index contributed by atoms with van der Waals surface area (Å²) in [5.41, 5.74) is 0.643. The van der Waals surface area contributed by atoms with Crippen LogP contribution in [-0.4, -0.2) is 34.3 Å². The molecule has 4 nitrogen and oxygen atoms in total. The summed E-state index contributed by atoms with van der Waals surface area (Å²) in [4.78, 5) is 25.5. The van der Waals surface area contributed by atoms with E-state index in [1.807, 2.05) is 11.0 Å². The minimum Gasteiger partial charge on any atom is -0.508 e. The molecule has 20 heavy (non-hydrogen) atoms. The monoisotopic (exact) mass is 275 g/mol. The fraction of sp³-hybridized carbons (Fsp3) is 0.500. The molecule has 108 valence electrons. The number of carbonyl (C=O) groups excluding carboxylic acids is 2. The second kappa shape index (κ2) is 6.55. The van der Waals surface area contributed by atoms with Crippen LogP contribution < -0.4 is 0 Å². The fourth-order valence-electron chi connectivity index (χ4n) is 2.80. The zero-order chi connectivity index (χ0) is 14.5. The molecule has 0 saturated carbocycles. The molecule has 0 aliphatic carbocycles. The Morgan fingerprint density at radius 2 is 2.05 bits per heavy atom. The average Bonchev–Trinajstić information content (AvgIpc) is 2.41. The van der Waals surface area contributed by atoms with Crippen molar-refractivity contribution in [1.29, 1.82) is 0 Å². The number of phenolic OH excluding ortho intramolecular Hbond substituents is 1. The number of piperidine rings is 1. The third-order valence-electron chi connectivity index (χ3n) is 3.80. The Hall–Kier alpha value is -1.84. The van der Waals surface area contributed by atoms with E-state index >= 15 is 0 Å². The molecular formula is C16H21NO3. The first-order valence-electron chi connectivity index (χ1n) is 7.13. The van der Waals surface area contributed by atoms with Crippen molar-refractivity contribution < 1.29 is 14.7 Å². The van der Waals surface area contributed by atoms with Gasteiger partial charge in [-0.1, -0.05) is 18.2 Å². The highest BCUT2D eigenvalue weighted by Crippen LogP contribution is 2.23. The van der Waals surface area contributed by atoms with Gasteiger partial charge in [0.05, 0.1) is 6.42 Å². The van der Waals surface area contributed by atoms with Crippen molar-refractivity contribution in [2.75, 3.05) is 6.54 Å². The Balaban J connectivity index is 2.06. The smallest absolute Gasteiger partial charge is 0.227 e. The van der Waals surface area contributed by atoms with Crippen molar-refractivity contribution in [3.8, 4) is 5.75 Å². The van der Waals surface area contributed by atoms with Crippen LogP contribution in [0.25, 0.3) is 0 Å². The van der Waals surface area contributed by atoms with Crippen LogP contribution in [0, 0.1) is 0 Å². The molecular weight excluding hydrogens is 254 g/mol. The number of ketones is 1. The highest BCUT2D eigenvalue weighted by Gasteiger charge is 2.27. The van der Waals surface area contributed by atoms with Crippen molar-refractivity contribution >= 4 is 11.7 Å². The standard InChI is InChI=1S/C16H21NO3/c1-12(18)10-14-7-4-5-9-17(14)16(20)11-13-6-2-3-8-15(13)19/h2-3,6,8,14,19H,4-5,7,9-11H2,1H3. The van der Waals surface area contributed by atoms with Gasteiger partial charge in [0.15, 0.2) is 0 Å². The normalized spacial score (nSPS) is 18.9. The molecule has 1 atom stereocenters. The number of para-hydroxylation sites is 1. The van der Waals surface area contributed by atoms with Gasteiger partial charge in [-0.2, -0.15) is 0 Å². The van der Waals surface area contributed by atoms with E-state index in [-0.39, 0.29) is 29.9 Å². The van der Waals surface area contributed by atoms with E-state index in [0.29, 0.717) is 18.5 Å². The maximum absolute atomic E-state index is 12.4. The zero-order valence-electron chi connectivity index (χ0n) is 11.8. The topological polar surface area (TPSA) is 57.6 Å². The van der Waals surface area contributed by atoms with Gasteiger partial charge >= 0.3 is 0 Å². The number of hydrogen-bond donors (Lipinski definition) is 1. The summed E-state index contributed by atoms with van der Waals surface area (Å²) in [7, 11) is 0. The summed E-state index contributed by atoms with van der Waals surface area (Å²) in [6.07, 6.45) is 3.58. The molecule has 2 rings (SSSR count). The lowest BCUT2D eigenvalue weighted by Crippen LogP contribution is -2.45. The molecule has 1 N–H and O–H groups in total. The molecule has 1 heterocycles. The van der Waals surface area contributed by atoms with Crippen LogP contribution in [0.2, 0.25) is 0 Å². The molecule has 1 aromatic carbocycles. The van der Waals surface area contributed by atoms with Gasteiger partial charge in [-0.05, 0) is 32.3 Å². The number of aromatic hydroxyl groups is 1. The lowest BCUT2D eigenvalue weighted by Gasteiger charge is -2.35. The number of likely N-dealkylation sites (tertiary alicyclic amines) is 1. The summed E-state index contributed by atoms with van der Waals surface area (Å²) >= 11 is 0. The molecule has 0 bridgehead atoms. The van der Waals surface area contributed by atoms with E-state index in [4.69, 9.17) is 0 Å². The summed E-state index contributed by atoms with van der Waals surface area (Å²) in [6.45, 7) is 2.28. The molecule has 0 radical (unpaired) electrons. The van der Waals surface area contributed by atoms with Gasteiger partial charge in [0, 0.05) is 24.6 Å². The molecule has 0 spiro atoms. The van der Waals surface area contributed by atoms with Crippen molar-refractivity contribution in [2.45, 2.75) is 45.1 Å². The van der Waals surface area contributed by atoms with Crippen LogP contribution in [0.5, 0.6) is 5.75 Å². The van der Waals surface area contributed by atoms with E-state index < -0.39 is 0 Å². The third kappa shape index (κ3) is 3.59. The molecule has 1 amide bonds. The molecule has 1 fully saturated rings. The zero-order valence-corrected chi connectivity index (χ0v) is 11.8. The lowest BCUT2D eigenvalue weighted by molar-refractivity contribution is -0.135. The number of phenols is 1. The molecule has 1 unspecified atom stereocenters. The van der Waals surface area contributed by atoms with Gasteiger partial charge in [-0.15, -0.1) is 0 Å². The summed E-state index contributed by atoms with van der Waals surface area (Å²) in [5, 5.41) is 9.74. The average molecular weight is 275 g/mol. The molecule has 1 aliphatic heterocycles. The van der Waals surface area contributed by atoms with Crippen LogP contribution in [-0.2, 0) is 16.0 Å². The summed E-state index contributed by atoms with van der Waals surface area (Å²) in [6, 6.07) is 6.93. The molecule has 1 saturated heterocycles. The lowest BCUT2D eigenvalue weighted by atomic mass is 9.97. The van der Waals surface area contributed by atoms with Crippen molar-refractivity contribution in [1.82, 2.24) is 4.90 Å². The Bertz CT molecular complexity index is 498. The van der Waals surface area contributed by atoms with Crippen LogP contribution >= 0.6 is 0 Å². The maximum atomic E-state index is 12.4. The SMILES string of the molecule is CC(=O)CC1CCCCN1C(=O)Cc1ccccc1O. The Morgan fingerprint density at radius 3 is 2.75 bits per heavy atom. The summed E-state index contributed by atoms with van der Waals surface area (Å²) in [5.74, 6) is 0.274. The number of benzene rings is 1. The maximum Gasteiger partial charge on any atom is 0.227 e. The second-order valence-electron chi connectivity index (χ2n) is 5.45. The number of nitrogens with zero attached hydrogens (tertiary/aromatic N) is 1. The van der Waals surface area contributed by atoms with Gasteiger partial charge < -0.3 is 10.0 Å². The Morgan fingerprint density at radius 1 is 1.30 bits per heavy atom. The Kier molecular flexibility index (Phi) is 4.77. The predicted octanol–water partition coefficient (Wildman–Crippen LogP) is 2.29. The van der Waals surface area contributed by atoms with Gasteiger partial charge in [-0.25, -0.2) is 0 Å². The first-order chi connectivity index (χ1) is 9.58. The highest BCUT2D eigenvalue weighted by molar-refractivity contribution is 5.81. The van der Waals surface area contributed by atoms with Crippen LogP contribution in [0.4, 0.5) is 0 Å². The van der Waals surface area contributed by atoms with E-state index in [1.54, 1.807) is 25.1 Å². The molecule has 1 aliphatic rings. The van der Waals surface area contributed by atoms with Crippen LogP contribution in [0.3, 0.4) is 0 Å². The Labute approximate surface area is 119 Å². The number of hydrogen-bond acceptors (Lipinski definition) is 3. The molecule has 1 aromatic rings. The third-order valence-corrected chi connectivity index (χ3v) is 3.80. The highest BCUT2D eigenvalue weighted by atomic mass is 16.3. The van der Waals surface area contributed by atoms with Crippen LogP contribution in [0.1, 0.15) is 38.2 Å². The number of rotatable bonds is 4. The second-order valence-corrected chi connectivity index (χ2v) is 5.45. The molecule has 4 heteroatoms. The van der Waals surface area contributed by atoms with Gasteiger partial charge in [-0.3, -0.25) is 9.59 Å². The van der Waals surface area contributed by atoms with E-state index in [2.05, 4.69) is 0 Å². The van der Waals surface area contributed by atoms with E-state index in [9.17, 15) is 14.7 Å². The predicted molar refractivity (Wildman–Crippen MR) is 76.5 cm³/mol. The minimum atomic E-state index is -0.00236. The molecule has 0 aromatic heterocycles. The van der Waals surface area contributed by atoms with Gasteiger partial charge in [0.2, 0.25) is 5.91 Å². The number of amides is 1. The minimum absolute atomic E-state index is 0.00236. The first-order valence-corrected chi connectivity index (χ1v) is 7.13. The number of carbonyl (C=O) groups is 2. The van der Waals surface area contributed by atoms with Crippen molar-refractivity contribution in [2.24, 2.45) is 0 Å². The van der Waals surface area contributed by atoms with Crippen molar-refractivity contribution in [3.05, 3.63) is 29.8 Å². The van der Waals surface area contributed by atoms with Crippen LogP contribution in [0.15, 0.2) is 24.3 Å². The van der Waals surface area contributed by atoms with Crippen molar-refractivity contribution in [3.63, 3.8) is 0 Å². The fourth-order valence-corrected chi connectivity index (χ4v) is 2.80. The van der Waals surface area contributed by atoms with E-state index in [0.717, 1.165) is 19.3 Å². The summed E-state index contributed by atoms with van der Waals surface area (Å²) < 4.78 is 0. The largest absolute Gasteiger partial charge is 0.508 e. The quantitative estimate of drug-likeness (QED) is 0.917. The van der Waals surface area contributed by atoms with Gasteiger partial charge in [0.25, 0.3) is 0 Å². The first kappa shape index (κ1) is 14.6. The number of Topliss-reactive ketones (excluding diaryl/α,β-unsaturated/α-hetero) is 1. The van der Waals surface area contributed by atoms with Gasteiger partial charge in [0.1, 0.15) is 11.5 Å².